The summed E-state index contributed by atoms with van der Waals surface area (Å²) in [6.07, 6.45) is 0. The summed E-state index contributed by atoms with van der Waals surface area (Å²) < 4.78 is 10.3. The third-order valence-corrected chi connectivity index (χ3v) is 2.65. The lowest BCUT2D eigenvalue weighted by atomic mass is 10.2. The van der Waals surface area contributed by atoms with Crippen molar-refractivity contribution in [2.24, 2.45) is 0 Å². The summed E-state index contributed by atoms with van der Waals surface area (Å²) in [5.74, 6) is 0.180. The van der Waals surface area contributed by atoms with Crippen LogP contribution in [0.5, 0.6) is 11.5 Å². The van der Waals surface area contributed by atoms with Crippen LogP contribution in [0.1, 0.15) is 5.56 Å². The lowest BCUT2D eigenvalue weighted by Crippen LogP contribution is -2.18. The van der Waals surface area contributed by atoms with E-state index in [0.29, 0.717) is 22.1 Å². The van der Waals surface area contributed by atoms with Crippen molar-refractivity contribution in [3.63, 3.8) is 0 Å². The molecule has 100 valence electrons. The molecular formula is C15H10ClNO3. The fourth-order valence-corrected chi connectivity index (χ4v) is 1.61. The van der Waals surface area contributed by atoms with Crippen molar-refractivity contribution in [1.82, 2.24) is 0 Å². The Kier molecular flexibility index (Phi) is 4.59. The van der Waals surface area contributed by atoms with Crippen molar-refractivity contribution in [2.75, 3.05) is 6.61 Å². The van der Waals surface area contributed by atoms with Gasteiger partial charge in [-0.05, 0) is 36.4 Å². The van der Waals surface area contributed by atoms with Crippen LogP contribution in [0.15, 0.2) is 48.5 Å². The van der Waals surface area contributed by atoms with Crippen LogP contribution < -0.4 is 9.47 Å². The second-order valence-electron chi connectivity index (χ2n) is 3.82. The highest BCUT2D eigenvalue weighted by molar-refractivity contribution is 6.30. The van der Waals surface area contributed by atoms with E-state index in [2.05, 4.69) is 0 Å². The summed E-state index contributed by atoms with van der Waals surface area (Å²) in [4.78, 5) is 11.6. The summed E-state index contributed by atoms with van der Waals surface area (Å²) in [6, 6.07) is 15.1. The molecule has 0 aromatic heterocycles. The Labute approximate surface area is 121 Å². The van der Waals surface area contributed by atoms with Gasteiger partial charge in [-0.2, -0.15) is 5.26 Å². The van der Waals surface area contributed by atoms with Crippen molar-refractivity contribution in [1.29, 1.82) is 5.26 Å². The minimum Gasteiger partial charge on any atom is -0.481 e. The Morgan fingerprint density at radius 1 is 1.15 bits per heavy atom. The molecule has 2 rings (SSSR count). The molecule has 4 nitrogen and oxygen atoms in total. The number of nitriles is 1. The van der Waals surface area contributed by atoms with Crippen molar-refractivity contribution >= 4 is 17.6 Å². The highest BCUT2D eigenvalue weighted by atomic mass is 35.5. The van der Waals surface area contributed by atoms with Gasteiger partial charge in [-0.3, -0.25) is 0 Å². The van der Waals surface area contributed by atoms with Crippen LogP contribution in [-0.2, 0) is 4.79 Å². The first-order chi connectivity index (χ1) is 9.69. The molecule has 0 aliphatic rings. The molecule has 0 saturated carbocycles. The Morgan fingerprint density at radius 2 is 1.85 bits per heavy atom. The number of rotatable bonds is 4. The van der Waals surface area contributed by atoms with E-state index in [4.69, 9.17) is 26.3 Å². The predicted molar refractivity (Wildman–Crippen MR) is 73.7 cm³/mol. The van der Waals surface area contributed by atoms with Gasteiger partial charge in [-0.15, -0.1) is 0 Å². The molecule has 0 fully saturated rings. The molecule has 0 radical (unpaired) electrons. The largest absolute Gasteiger partial charge is 0.481 e. The van der Waals surface area contributed by atoms with Gasteiger partial charge in [-0.1, -0.05) is 23.7 Å². The van der Waals surface area contributed by atoms with E-state index in [9.17, 15) is 4.79 Å². The number of carbonyl (C=O) groups is 1. The molecule has 0 aliphatic heterocycles. The Bertz CT molecular complexity index is 647. The third kappa shape index (κ3) is 3.74. The highest BCUT2D eigenvalue weighted by Crippen LogP contribution is 2.18. The first-order valence-electron chi connectivity index (χ1n) is 5.77. The number of esters is 1. The zero-order chi connectivity index (χ0) is 14.4. The maximum Gasteiger partial charge on any atom is 0.349 e. The predicted octanol–water partition coefficient (Wildman–Crippen LogP) is 3.20. The summed E-state index contributed by atoms with van der Waals surface area (Å²) in [5.41, 5.74) is 0.367. The number of ether oxygens (including phenoxy) is 2. The fraction of sp³-hybridized carbons (Fsp3) is 0.0667. The number of halogens is 1. The number of benzene rings is 2. The van der Waals surface area contributed by atoms with E-state index < -0.39 is 5.97 Å². The molecule has 2 aromatic carbocycles. The van der Waals surface area contributed by atoms with Crippen molar-refractivity contribution in [2.45, 2.75) is 0 Å². The van der Waals surface area contributed by atoms with Crippen LogP contribution in [0.4, 0.5) is 0 Å². The third-order valence-electron chi connectivity index (χ3n) is 2.40. The molecule has 20 heavy (non-hydrogen) atoms. The summed E-state index contributed by atoms with van der Waals surface area (Å²) in [5, 5.41) is 9.45. The number of nitrogens with zero attached hydrogens (tertiary/aromatic N) is 1. The van der Waals surface area contributed by atoms with Crippen molar-refractivity contribution < 1.29 is 14.3 Å². The Hall–Kier alpha value is -2.51. The second kappa shape index (κ2) is 6.60. The van der Waals surface area contributed by atoms with Crippen LogP contribution in [0.25, 0.3) is 0 Å². The van der Waals surface area contributed by atoms with Gasteiger partial charge < -0.3 is 9.47 Å². The van der Waals surface area contributed by atoms with Crippen molar-refractivity contribution in [3.05, 3.63) is 59.1 Å². The van der Waals surface area contributed by atoms with E-state index in [0.717, 1.165) is 0 Å². The molecule has 0 unspecified atom stereocenters. The number of hydrogen-bond acceptors (Lipinski definition) is 4. The average Bonchev–Trinajstić information content (AvgIpc) is 2.48. The van der Waals surface area contributed by atoms with Crippen LogP contribution in [0.2, 0.25) is 5.02 Å². The lowest BCUT2D eigenvalue weighted by Gasteiger charge is -2.07. The zero-order valence-electron chi connectivity index (χ0n) is 10.4. The molecule has 0 aliphatic carbocycles. The number of hydrogen-bond donors (Lipinski definition) is 0. The Balaban J connectivity index is 1.92. The monoisotopic (exact) mass is 287 g/mol. The smallest absolute Gasteiger partial charge is 0.349 e. The molecule has 0 bridgehead atoms. The number of para-hydroxylation sites is 1. The van der Waals surface area contributed by atoms with Gasteiger partial charge in [0.1, 0.15) is 17.6 Å². The molecule has 0 atom stereocenters. The minimum atomic E-state index is -0.555. The van der Waals surface area contributed by atoms with Gasteiger partial charge in [0.15, 0.2) is 6.61 Å². The number of carbonyl (C=O) groups excluding carboxylic acids is 1. The second-order valence-corrected chi connectivity index (χ2v) is 4.26. The van der Waals surface area contributed by atoms with Crippen LogP contribution in [-0.4, -0.2) is 12.6 Å². The van der Waals surface area contributed by atoms with E-state index >= 15 is 0 Å². The molecule has 2 aromatic rings. The molecular weight excluding hydrogens is 278 g/mol. The van der Waals surface area contributed by atoms with Gasteiger partial charge in [-0.25, -0.2) is 4.79 Å². The highest BCUT2D eigenvalue weighted by Gasteiger charge is 2.08. The maximum atomic E-state index is 11.6. The Morgan fingerprint density at radius 3 is 2.55 bits per heavy atom. The van der Waals surface area contributed by atoms with Gasteiger partial charge in [0.05, 0.1) is 5.56 Å². The maximum absolute atomic E-state index is 11.6. The molecule has 0 heterocycles. The summed E-state index contributed by atoms with van der Waals surface area (Å²) in [6.45, 7) is -0.276. The van der Waals surface area contributed by atoms with Gasteiger partial charge >= 0.3 is 5.97 Å². The van der Waals surface area contributed by atoms with Gasteiger partial charge in [0.2, 0.25) is 0 Å². The van der Waals surface area contributed by atoms with E-state index in [1.54, 1.807) is 48.5 Å². The normalized spacial score (nSPS) is 9.60. The summed E-state index contributed by atoms with van der Waals surface area (Å²) in [7, 11) is 0. The molecule has 0 saturated heterocycles. The molecule has 0 amide bonds. The molecule has 0 spiro atoms. The van der Waals surface area contributed by atoms with Gasteiger partial charge in [0, 0.05) is 5.02 Å². The fourth-order valence-electron chi connectivity index (χ4n) is 1.49. The minimum absolute atomic E-state index is 0.276. The first-order valence-corrected chi connectivity index (χ1v) is 6.15. The lowest BCUT2D eigenvalue weighted by molar-refractivity contribution is -0.136. The SMILES string of the molecule is N#Cc1ccccc1OCC(=O)Oc1ccc(Cl)cc1. The average molecular weight is 288 g/mol. The first kappa shape index (κ1) is 13.9. The quantitative estimate of drug-likeness (QED) is 0.640. The van der Waals surface area contributed by atoms with Crippen molar-refractivity contribution in [3.8, 4) is 17.6 Å². The topological polar surface area (TPSA) is 59.3 Å². The molecule has 5 heteroatoms. The van der Waals surface area contributed by atoms with Crippen LogP contribution in [0, 0.1) is 11.3 Å². The van der Waals surface area contributed by atoms with Gasteiger partial charge in [0.25, 0.3) is 0 Å². The van der Waals surface area contributed by atoms with E-state index in [-0.39, 0.29) is 6.61 Å². The zero-order valence-corrected chi connectivity index (χ0v) is 11.1. The standard InChI is InChI=1S/C15H10ClNO3/c16-12-5-7-13(8-6-12)20-15(18)10-19-14-4-2-1-3-11(14)9-17/h1-8H,10H2. The van der Waals surface area contributed by atoms with E-state index in [1.165, 1.54) is 0 Å². The van der Waals surface area contributed by atoms with Crippen LogP contribution >= 0.6 is 11.6 Å². The van der Waals surface area contributed by atoms with E-state index in [1.807, 2.05) is 6.07 Å². The molecule has 0 N–H and O–H groups in total. The van der Waals surface area contributed by atoms with Crippen LogP contribution in [0.3, 0.4) is 0 Å². The summed E-state index contributed by atoms with van der Waals surface area (Å²) >= 11 is 5.73.